The van der Waals surface area contributed by atoms with Crippen molar-refractivity contribution in [2.45, 2.75) is 0 Å². The smallest absolute Gasteiger partial charge is 0.291 e. The molecular weight excluding hydrogens is 411 g/mol. The van der Waals surface area contributed by atoms with Crippen molar-refractivity contribution in [1.82, 2.24) is 4.98 Å². The molecule has 5 aromatic rings. The van der Waals surface area contributed by atoms with Gasteiger partial charge < -0.3 is 14.2 Å². The third kappa shape index (κ3) is 3.35. The van der Waals surface area contributed by atoms with Gasteiger partial charge in [-0.2, -0.15) is 0 Å². The number of carbonyl (C=O) groups excluding carboxylic acids is 1. The Hall–Kier alpha value is -3.28. The lowest BCUT2D eigenvalue weighted by Gasteiger charge is -2.02. The summed E-state index contributed by atoms with van der Waals surface area (Å²) in [6.07, 6.45) is 0. The largest absolute Gasteiger partial charge is 0.451 e. The number of halogens is 2. The number of fused-ring (bicyclic) bond motifs is 2. The van der Waals surface area contributed by atoms with E-state index in [4.69, 9.17) is 32.0 Å². The summed E-state index contributed by atoms with van der Waals surface area (Å²) in [5.41, 5.74) is 3.15. The van der Waals surface area contributed by atoms with Gasteiger partial charge in [-0.3, -0.25) is 4.79 Å². The number of amides is 1. The molecule has 1 N–H and O–H groups in total. The minimum atomic E-state index is -0.339. The van der Waals surface area contributed by atoms with E-state index in [0.29, 0.717) is 43.9 Å². The normalized spacial score (nSPS) is 11.2. The highest BCUT2D eigenvalue weighted by molar-refractivity contribution is 6.42. The van der Waals surface area contributed by atoms with Crippen LogP contribution in [0.25, 0.3) is 33.5 Å². The molecule has 0 saturated heterocycles. The van der Waals surface area contributed by atoms with Crippen molar-refractivity contribution >= 4 is 56.9 Å². The summed E-state index contributed by atoms with van der Waals surface area (Å²) in [6.45, 7) is 0. The van der Waals surface area contributed by atoms with E-state index in [2.05, 4.69) is 10.3 Å². The molecule has 3 aromatic carbocycles. The molecule has 0 aliphatic carbocycles. The summed E-state index contributed by atoms with van der Waals surface area (Å²) in [7, 11) is 0. The first kappa shape index (κ1) is 17.8. The Labute approximate surface area is 174 Å². The van der Waals surface area contributed by atoms with E-state index in [9.17, 15) is 4.79 Å². The lowest BCUT2D eigenvalue weighted by atomic mass is 10.2. The zero-order chi connectivity index (χ0) is 20.0. The van der Waals surface area contributed by atoms with Crippen molar-refractivity contribution in [3.05, 3.63) is 82.5 Å². The Kier molecular flexibility index (Phi) is 4.27. The van der Waals surface area contributed by atoms with Crippen LogP contribution in [0, 0.1) is 0 Å². The Morgan fingerprint density at radius 1 is 0.862 bits per heavy atom. The number of nitrogens with one attached hydrogen (secondary N) is 1. The molecule has 0 fully saturated rings. The molecule has 0 aliphatic rings. The first-order valence-corrected chi connectivity index (χ1v) is 9.48. The zero-order valence-electron chi connectivity index (χ0n) is 14.8. The van der Waals surface area contributed by atoms with Gasteiger partial charge in [-0.15, -0.1) is 0 Å². The molecule has 0 aliphatic heterocycles. The van der Waals surface area contributed by atoms with Gasteiger partial charge in [0.1, 0.15) is 11.1 Å². The molecule has 0 atom stereocenters. The van der Waals surface area contributed by atoms with Crippen molar-refractivity contribution in [2.75, 3.05) is 5.32 Å². The van der Waals surface area contributed by atoms with Gasteiger partial charge in [0.25, 0.3) is 5.91 Å². The zero-order valence-corrected chi connectivity index (χ0v) is 16.3. The molecule has 0 radical (unpaired) electrons. The second-order valence-electron chi connectivity index (χ2n) is 6.43. The maximum Gasteiger partial charge on any atom is 0.291 e. The highest BCUT2D eigenvalue weighted by Gasteiger charge is 2.14. The highest BCUT2D eigenvalue weighted by atomic mass is 35.5. The number of hydrogen-bond acceptors (Lipinski definition) is 4. The van der Waals surface area contributed by atoms with Crippen LogP contribution < -0.4 is 5.32 Å². The first-order chi connectivity index (χ1) is 14.1. The molecule has 29 heavy (non-hydrogen) atoms. The van der Waals surface area contributed by atoms with Gasteiger partial charge in [-0.05, 0) is 48.5 Å². The molecule has 0 unspecified atom stereocenters. The number of aromatic nitrogens is 1. The molecule has 2 heterocycles. The fraction of sp³-hybridized carbons (Fsp3) is 0. The third-order valence-corrected chi connectivity index (χ3v) is 5.20. The summed E-state index contributed by atoms with van der Waals surface area (Å²) in [4.78, 5) is 17.0. The number of furan rings is 1. The molecule has 142 valence electrons. The molecule has 5 nitrogen and oxygen atoms in total. The van der Waals surface area contributed by atoms with Gasteiger partial charge in [0, 0.05) is 16.6 Å². The van der Waals surface area contributed by atoms with Crippen molar-refractivity contribution in [3.63, 3.8) is 0 Å². The lowest BCUT2D eigenvalue weighted by molar-refractivity contribution is 0.0998. The van der Waals surface area contributed by atoms with Gasteiger partial charge in [0.15, 0.2) is 11.3 Å². The summed E-state index contributed by atoms with van der Waals surface area (Å²) in [5.74, 6) is 0.316. The minimum Gasteiger partial charge on any atom is -0.451 e. The quantitative estimate of drug-likeness (QED) is 0.347. The number of anilines is 1. The molecule has 0 spiro atoms. The van der Waals surface area contributed by atoms with Crippen LogP contribution in [0.15, 0.2) is 75.6 Å². The number of benzene rings is 3. The van der Waals surface area contributed by atoms with Gasteiger partial charge in [0.05, 0.1) is 10.0 Å². The van der Waals surface area contributed by atoms with E-state index in [-0.39, 0.29) is 11.7 Å². The number of nitrogens with zero attached hydrogens (tertiary/aromatic N) is 1. The van der Waals surface area contributed by atoms with Crippen LogP contribution in [-0.2, 0) is 0 Å². The van der Waals surface area contributed by atoms with Crippen LogP contribution in [0.1, 0.15) is 10.6 Å². The number of para-hydroxylation sites is 1. The van der Waals surface area contributed by atoms with E-state index in [0.717, 1.165) is 5.39 Å². The van der Waals surface area contributed by atoms with E-state index in [1.165, 1.54) is 0 Å². The van der Waals surface area contributed by atoms with Gasteiger partial charge >= 0.3 is 0 Å². The lowest BCUT2D eigenvalue weighted by Crippen LogP contribution is -2.10. The molecule has 2 aromatic heterocycles. The van der Waals surface area contributed by atoms with E-state index < -0.39 is 0 Å². The summed E-state index contributed by atoms with van der Waals surface area (Å²) in [5, 5.41) is 4.58. The molecule has 0 saturated carbocycles. The molecule has 0 bridgehead atoms. The van der Waals surface area contributed by atoms with Gasteiger partial charge in [-0.1, -0.05) is 41.4 Å². The standard InChI is InChI=1S/C22H12Cl2N2O3/c23-15-7-5-13(9-16(15)24)22-26-17-11-14(6-8-19(17)29-22)25-21(27)20-10-12-3-1-2-4-18(12)28-20/h1-11H,(H,25,27). The van der Waals surface area contributed by atoms with Crippen LogP contribution >= 0.6 is 23.2 Å². The van der Waals surface area contributed by atoms with E-state index in [1.54, 1.807) is 42.5 Å². The molecule has 5 rings (SSSR count). The number of rotatable bonds is 3. The predicted molar refractivity (Wildman–Crippen MR) is 114 cm³/mol. The fourth-order valence-corrected chi connectivity index (χ4v) is 3.34. The van der Waals surface area contributed by atoms with Crippen LogP contribution in [0.4, 0.5) is 5.69 Å². The van der Waals surface area contributed by atoms with Crippen LogP contribution in [0.3, 0.4) is 0 Å². The SMILES string of the molecule is O=C(Nc1ccc2oc(-c3ccc(Cl)c(Cl)c3)nc2c1)c1cc2ccccc2o1. The Balaban J connectivity index is 1.43. The number of carbonyl (C=O) groups is 1. The van der Waals surface area contributed by atoms with Gasteiger partial charge in [0.2, 0.25) is 5.89 Å². The molecule has 1 amide bonds. The van der Waals surface area contributed by atoms with Crippen molar-refractivity contribution in [2.24, 2.45) is 0 Å². The van der Waals surface area contributed by atoms with Crippen LogP contribution in [0.5, 0.6) is 0 Å². The molecule has 7 heteroatoms. The van der Waals surface area contributed by atoms with Crippen LogP contribution in [0.2, 0.25) is 10.0 Å². The number of oxazole rings is 1. The van der Waals surface area contributed by atoms with Crippen molar-refractivity contribution in [1.29, 1.82) is 0 Å². The van der Waals surface area contributed by atoms with E-state index in [1.807, 2.05) is 24.3 Å². The third-order valence-electron chi connectivity index (χ3n) is 4.46. The Morgan fingerprint density at radius 3 is 2.55 bits per heavy atom. The second-order valence-corrected chi connectivity index (χ2v) is 7.25. The average molecular weight is 423 g/mol. The maximum atomic E-state index is 12.5. The van der Waals surface area contributed by atoms with Crippen molar-refractivity contribution < 1.29 is 13.6 Å². The molecular formula is C22H12Cl2N2O3. The monoisotopic (exact) mass is 422 g/mol. The minimum absolute atomic E-state index is 0.239. The topological polar surface area (TPSA) is 68.3 Å². The van der Waals surface area contributed by atoms with E-state index >= 15 is 0 Å². The summed E-state index contributed by atoms with van der Waals surface area (Å²) >= 11 is 12.0. The Morgan fingerprint density at radius 2 is 1.72 bits per heavy atom. The highest BCUT2D eigenvalue weighted by Crippen LogP contribution is 2.31. The summed E-state index contributed by atoms with van der Waals surface area (Å²) in [6, 6.07) is 19.6. The first-order valence-electron chi connectivity index (χ1n) is 8.73. The summed E-state index contributed by atoms with van der Waals surface area (Å²) < 4.78 is 11.4. The average Bonchev–Trinajstić information content (AvgIpc) is 3.33. The second kappa shape index (κ2) is 6.95. The fourth-order valence-electron chi connectivity index (χ4n) is 3.04. The Bertz CT molecular complexity index is 1350. The predicted octanol–water partition coefficient (Wildman–Crippen LogP) is 6.80. The maximum absolute atomic E-state index is 12.5. The van der Waals surface area contributed by atoms with Crippen LogP contribution in [-0.4, -0.2) is 10.9 Å². The number of hydrogen-bond donors (Lipinski definition) is 1. The van der Waals surface area contributed by atoms with Gasteiger partial charge in [-0.25, -0.2) is 4.98 Å². The van der Waals surface area contributed by atoms with Crippen molar-refractivity contribution in [3.8, 4) is 11.5 Å².